The van der Waals surface area contributed by atoms with E-state index in [4.69, 9.17) is 9.15 Å². The molecule has 2 amide bonds. The number of nitrogens with one attached hydrogen (secondary N) is 1. The summed E-state index contributed by atoms with van der Waals surface area (Å²) in [5.41, 5.74) is 2.55. The minimum atomic E-state index is -0.962. The summed E-state index contributed by atoms with van der Waals surface area (Å²) >= 11 is 1.52. The molecule has 0 aliphatic rings. The number of anilines is 1. The van der Waals surface area contributed by atoms with Crippen molar-refractivity contribution in [2.45, 2.75) is 32.9 Å². The van der Waals surface area contributed by atoms with E-state index in [9.17, 15) is 9.59 Å². The predicted octanol–water partition coefficient (Wildman–Crippen LogP) is 5.60. The van der Waals surface area contributed by atoms with Gasteiger partial charge in [-0.15, -0.1) is 11.3 Å². The van der Waals surface area contributed by atoms with E-state index in [1.165, 1.54) is 11.3 Å². The van der Waals surface area contributed by atoms with Crippen molar-refractivity contribution in [1.29, 1.82) is 0 Å². The van der Waals surface area contributed by atoms with Crippen LogP contribution >= 0.6 is 11.3 Å². The van der Waals surface area contributed by atoms with E-state index in [0.29, 0.717) is 23.8 Å². The van der Waals surface area contributed by atoms with Gasteiger partial charge in [0, 0.05) is 17.1 Å². The summed E-state index contributed by atoms with van der Waals surface area (Å²) in [6.07, 6.45) is 0.188. The third kappa shape index (κ3) is 6.00. The van der Waals surface area contributed by atoms with Crippen LogP contribution in [0.5, 0.6) is 5.75 Å². The normalized spacial score (nSPS) is 11.6. The van der Waals surface area contributed by atoms with Crippen LogP contribution in [0.15, 0.2) is 82.6 Å². The highest BCUT2D eigenvalue weighted by molar-refractivity contribution is 7.10. The van der Waals surface area contributed by atoms with E-state index in [1.807, 2.05) is 79.9 Å². The minimum absolute atomic E-state index is 0.184. The third-order valence-electron chi connectivity index (χ3n) is 5.62. The Labute approximate surface area is 209 Å². The maximum Gasteiger partial charge on any atom is 0.251 e. The molecule has 0 saturated carbocycles. The fourth-order valence-electron chi connectivity index (χ4n) is 3.87. The zero-order valence-corrected chi connectivity index (χ0v) is 20.8. The Morgan fingerprint density at radius 2 is 1.83 bits per heavy atom. The summed E-state index contributed by atoms with van der Waals surface area (Å²) in [4.78, 5) is 29.8. The van der Waals surface area contributed by atoms with E-state index in [1.54, 1.807) is 24.1 Å². The maximum atomic E-state index is 13.7. The number of carbonyl (C=O) groups is 2. The molecule has 0 spiro atoms. The summed E-state index contributed by atoms with van der Waals surface area (Å²) < 4.78 is 11.1. The molecule has 2 aromatic carbocycles. The van der Waals surface area contributed by atoms with Crippen LogP contribution in [0, 0.1) is 13.8 Å². The van der Waals surface area contributed by atoms with Crippen LogP contribution in [0.3, 0.4) is 0 Å². The number of amides is 2. The van der Waals surface area contributed by atoms with Crippen LogP contribution in [0.25, 0.3) is 0 Å². The molecule has 4 rings (SSSR count). The molecule has 6 nitrogen and oxygen atoms in total. The molecule has 35 heavy (non-hydrogen) atoms. The van der Waals surface area contributed by atoms with Crippen LogP contribution in [-0.4, -0.2) is 18.9 Å². The number of carbonyl (C=O) groups excluding carboxylic acids is 2. The number of hydrogen-bond acceptors (Lipinski definition) is 5. The number of rotatable bonds is 9. The lowest BCUT2D eigenvalue weighted by molar-refractivity contribution is -0.127. The predicted molar refractivity (Wildman–Crippen MR) is 138 cm³/mol. The SMILES string of the molecule is COc1ccc(CNC(=O)C(c2ccc(C)o2)N(C(=O)Cc2cccs2)c2cccc(C)c2)cc1. The Morgan fingerprint density at radius 1 is 1.03 bits per heavy atom. The number of hydrogen-bond donors (Lipinski definition) is 1. The molecule has 1 unspecified atom stereocenters. The molecule has 1 atom stereocenters. The zero-order chi connectivity index (χ0) is 24.8. The van der Waals surface area contributed by atoms with Gasteiger partial charge in [0.15, 0.2) is 6.04 Å². The number of thiophene rings is 1. The summed E-state index contributed by atoms with van der Waals surface area (Å²) in [7, 11) is 1.61. The smallest absolute Gasteiger partial charge is 0.251 e. The van der Waals surface area contributed by atoms with Gasteiger partial charge in [0.1, 0.15) is 17.3 Å². The second kappa shape index (κ2) is 11.1. The second-order valence-corrected chi connectivity index (χ2v) is 9.31. The van der Waals surface area contributed by atoms with Gasteiger partial charge in [-0.25, -0.2) is 0 Å². The van der Waals surface area contributed by atoms with Crippen molar-refractivity contribution >= 4 is 28.8 Å². The topological polar surface area (TPSA) is 71.8 Å². The molecule has 2 aromatic heterocycles. The van der Waals surface area contributed by atoms with Crippen LogP contribution < -0.4 is 15.0 Å². The number of aryl methyl sites for hydroxylation is 2. The highest BCUT2D eigenvalue weighted by Crippen LogP contribution is 2.31. The number of benzene rings is 2. The molecule has 180 valence electrons. The Kier molecular flexibility index (Phi) is 7.67. The van der Waals surface area contributed by atoms with Crippen molar-refractivity contribution < 1.29 is 18.7 Å². The Morgan fingerprint density at radius 3 is 2.46 bits per heavy atom. The van der Waals surface area contributed by atoms with Gasteiger partial charge in [-0.2, -0.15) is 0 Å². The first-order valence-corrected chi connectivity index (χ1v) is 12.2. The first kappa shape index (κ1) is 24.3. The van der Waals surface area contributed by atoms with E-state index >= 15 is 0 Å². The lowest BCUT2D eigenvalue weighted by Crippen LogP contribution is -2.44. The molecule has 1 N–H and O–H groups in total. The van der Waals surface area contributed by atoms with Crippen molar-refractivity contribution in [2.75, 3.05) is 12.0 Å². The van der Waals surface area contributed by atoms with Crippen molar-refractivity contribution in [1.82, 2.24) is 5.32 Å². The highest BCUT2D eigenvalue weighted by Gasteiger charge is 2.35. The standard InChI is InChI=1S/C28H28N2O4S/c1-19-6-4-7-22(16-19)30(26(31)17-24-8-5-15-35-24)27(25-14-9-20(2)34-25)28(32)29-18-21-10-12-23(33-3)13-11-21/h4-16,27H,17-18H2,1-3H3,(H,29,32). The fraction of sp³-hybridized carbons (Fsp3) is 0.214. The Bertz CT molecular complexity index is 1280. The van der Waals surface area contributed by atoms with Gasteiger partial charge in [0.2, 0.25) is 5.91 Å². The van der Waals surface area contributed by atoms with E-state index in [-0.39, 0.29) is 18.2 Å². The van der Waals surface area contributed by atoms with Crippen LogP contribution in [0.4, 0.5) is 5.69 Å². The minimum Gasteiger partial charge on any atom is -0.497 e. The average molecular weight is 489 g/mol. The molecule has 0 aliphatic carbocycles. The van der Waals surface area contributed by atoms with E-state index in [0.717, 1.165) is 21.8 Å². The summed E-state index contributed by atoms with van der Waals surface area (Å²) in [6, 6.07) is 21.5. The quantitative estimate of drug-likeness (QED) is 0.333. The highest BCUT2D eigenvalue weighted by atomic mass is 32.1. The lowest BCUT2D eigenvalue weighted by atomic mass is 10.1. The fourth-order valence-corrected chi connectivity index (χ4v) is 4.56. The van der Waals surface area contributed by atoms with Gasteiger partial charge < -0.3 is 14.5 Å². The van der Waals surface area contributed by atoms with Gasteiger partial charge in [-0.05, 0) is 72.8 Å². The largest absolute Gasteiger partial charge is 0.497 e. The van der Waals surface area contributed by atoms with Crippen molar-refractivity contribution in [3.63, 3.8) is 0 Å². The van der Waals surface area contributed by atoms with Crippen molar-refractivity contribution in [2.24, 2.45) is 0 Å². The van der Waals surface area contributed by atoms with Gasteiger partial charge in [-0.3, -0.25) is 14.5 Å². The zero-order valence-electron chi connectivity index (χ0n) is 20.0. The molecule has 0 aliphatic heterocycles. The number of nitrogens with zero attached hydrogens (tertiary/aromatic N) is 1. The molecular weight excluding hydrogens is 460 g/mol. The maximum absolute atomic E-state index is 13.7. The summed E-state index contributed by atoms with van der Waals surface area (Å²) in [5.74, 6) is 1.32. The van der Waals surface area contributed by atoms with Gasteiger partial charge in [0.25, 0.3) is 5.91 Å². The van der Waals surface area contributed by atoms with Gasteiger partial charge in [0.05, 0.1) is 13.5 Å². The first-order valence-electron chi connectivity index (χ1n) is 11.3. The monoisotopic (exact) mass is 488 g/mol. The summed E-state index contributed by atoms with van der Waals surface area (Å²) in [5, 5.41) is 4.93. The van der Waals surface area contributed by atoms with Crippen LogP contribution in [0.1, 0.15) is 33.6 Å². The summed E-state index contributed by atoms with van der Waals surface area (Å²) in [6.45, 7) is 4.08. The third-order valence-corrected chi connectivity index (χ3v) is 6.49. The van der Waals surface area contributed by atoms with Crippen molar-refractivity contribution in [3.8, 4) is 5.75 Å². The Hall–Kier alpha value is -3.84. The van der Waals surface area contributed by atoms with Gasteiger partial charge in [-0.1, -0.05) is 30.3 Å². The molecule has 2 heterocycles. The number of ether oxygens (including phenoxy) is 1. The Balaban J connectivity index is 1.68. The number of methoxy groups -OCH3 is 1. The molecule has 7 heteroatoms. The number of furan rings is 1. The van der Waals surface area contributed by atoms with E-state index < -0.39 is 6.04 Å². The molecular formula is C28H28N2O4S. The molecule has 0 bridgehead atoms. The second-order valence-electron chi connectivity index (χ2n) is 8.28. The lowest BCUT2D eigenvalue weighted by Gasteiger charge is -2.30. The molecule has 4 aromatic rings. The van der Waals surface area contributed by atoms with Crippen molar-refractivity contribution in [3.05, 3.63) is 106 Å². The van der Waals surface area contributed by atoms with Crippen LogP contribution in [0.2, 0.25) is 0 Å². The van der Waals surface area contributed by atoms with Gasteiger partial charge >= 0.3 is 0 Å². The molecule has 0 saturated heterocycles. The first-order chi connectivity index (χ1) is 16.9. The molecule has 0 fully saturated rings. The van der Waals surface area contributed by atoms with E-state index in [2.05, 4.69) is 5.32 Å². The molecule has 0 radical (unpaired) electrons. The van der Waals surface area contributed by atoms with Crippen LogP contribution in [-0.2, 0) is 22.6 Å². The average Bonchev–Trinajstić information content (AvgIpc) is 3.52.